The highest BCUT2D eigenvalue weighted by molar-refractivity contribution is 4.45. The fraction of sp³-hybridized carbons (Fsp3) is 1.00. The first-order chi connectivity index (χ1) is 9.27. The van der Waals surface area contributed by atoms with Gasteiger partial charge in [0.05, 0.1) is 33.0 Å². The van der Waals surface area contributed by atoms with Gasteiger partial charge in [-0.05, 0) is 31.7 Å². The lowest BCUT2D eigenvalue weighted by atomic mass is 10.1. The summed E-state index contributed by atoms with van der Waals surface area (Å²) in [6.07, 6.45) is 3.55. The summed E-state index contributed by atoms with van der Waals surface area (Å²) in [4.78, 5) is 0. The van der Waals surface area contributed by atoms with E-state index < -0.39 is 0 Å². The molecule has 0 aromatic carbocycles. The second-order valence-electron chi connectivity index (χ2n) is 5.12. The van der Waals surface area contributed by atoms with Crippen LogP contribution in [-0.4, -0.2) is 52.7 Å². The molecule has 0 spiro atoms. The van der Waals surface area contributed by atoms with Crippen LogP contribution in [0, 0.1) is 5.92 Å². The molecule has 0 heterocycles. The van der Waals surface area contributed by atoms with Crippen molar-refractivity contribution in [1.29, 1.82) is 0 Å². The second-order valence-corrected chi connectivity index (χ2v) is 5.12. The number of ether oxygens (including phenoxy) is 3. The van der Waals surface area contributed by atoms with Crippen LogP contribution in [0.5, 0.6) is 0 Å². The molecule has 0 saturated heterocycles. The Morgan fingerprint density at radius 1 is 0.842 bits per heavy atom. The summed E-state index contributed by atoms with van der Waals surface area (Å²) in [5.41, 5.74) is 0. The predicted molar refractivity (Wildman–Crippen MR) is 81.8 cm³/mol. The number of hydrogen-bond acceptors (Lipinski definition) is 4. The highest BCUT2D eigenvalue weighted by atomic mass is 16.5. The lowest BCUT2D eigenvalue weighted by Gasteiger charge is -2.08. The Morgan fingerprint density at radius 2 is 1.42 bits per heavy atom. The number of hydrogen-bond donors (Lipinski definition) is 1. The molecule has 4 heteroatoms. The minimum atomic E-state index is 0. The highest BCUT2D eigenvalue weighted by Gasteiger charge is 1.94. The van der Waals surface area contributed by atoms with Gasteiger partial charge in [-0.25, -0.2) is 0 Å². The highest BCUT2D eigenvalue weighted by Crippen LogP contribution is 2.02. The predicted octanol–water partition coefficient (Wildman–Crippen LogP) is 2.72. The maximum Gasteiger partial charge on any atom is 0.0701 e. The van der Waals surface area contributed by atoms with Crippen molar-refractivity contribution in [2.45, 2.75) is 40.0 Å². The van der Waals surface area contributed by atoms with Crippen molar-refractivity contribution >= 4 is 0 Å². The van der Waals surface area contributed by atoms with Crippen LogP contribution >= 0.6 is 0 Å². The summed E-state index contributed by atoms with van der Waals surface area (Å²) in [6, 6.07) is 0. The third-order valence-electron chi connectivity index (χ3n) is 2.66. The van der Waals surface area contributed by atoms with E-state index in [9.17, 15) is 0 Å². The van der Waals surface area contributed by atoms with Crippen molar-refractivity contribution in [1.82, 2.24) is 5.32 Å². The molecule has 0 aliphatic rings. The summed E-state index contributed by atoms with van der Waals surface area (Å²) < 4.78 is 16.3. The number of rotatable bonds is 15. The Labute approximate surface area is 120 Å². The largest absolute Gasteiger partial charge is 0.379 e. The van der Waals surface area contributed by atoms with E-state index >= 15 is 0 Å². The minimum Gasteiger partial charge on any atom is -0.379 e. The summed E-state index contributed by atoms with van der Waals surface area (Å²) in [5, 5.41) is 3.29. The van der Waals surface area contributed by atoms with Crippen LogP contribution in [0.15, 0.2) is 0 Å². The zero-order chi connectivity index (χ0) is 14.2. The van der Waals surface area contributed by atoms with Crippen LogP contribution in [0.3, 0.4) is 0 Å². The Bertz CT molecular complexity index is 171. The third-order valence-corrected chi connectivity index (χ3v) is 2.66. The van der Waals surface area contributed by atoms with Gasteiger partial charge in [0.15, 0.2) is 0 Å². The molecule has 0 aromatic rings. The smallest absolute Gasteiger partial charge is 0.0701 e. The molecule has 4 nitrogen and oxygen atoms in total. The van der Waals surface area contributed by atoms with Crippen molar-refractivity contribution in [2.24, 2.45) is 5.92 Å². The first-order valence-electron chi connectivity index (χ1n) is 7.71. The maximum absolute atomic E-state index is 5.48. The van der Waals surface area contributed by atoms with Crippen LogP contribution in [0.2, 0.25) is 0 Å². The molecule has 19 heavy (non-hydrogen) atoms. The Kier molecular flexibility index (Phi) is 15.8. The van der Waals surface area contributed by atoms with Gasteiger partial charge in [0, 0.05) is 14.6 Å². The van der Waals surface area contributed by atoms with E-state index in [0.717, 1.165) is 38.6 Å². The van der Waals surface area contributed by atoms with Gasteiger partial charge in [0.1, 0.15) is 0 Å². The standard InChI is InChI=1S/C15H33NO3.H2/c1-4-7-16-8-10-18-12-14-19-13-11-17-9-5-6-15(2)3;/h15-16H,4-14H2,1-3H3;1H. The average molecular weight is 277 g/mol. The molecule has 0 atom stereocenters. The molecule has 1 N–H and O–H groups in total. The molecular weight excluding hydrogens is 242 g/mol. The second kappa shape index (κ2) is 15.9. The van der Waals surface area contributed by atoms with Gasteiger partial charge < -0.3 is 19.5 Å². The average Bonchev–Trinajstić information content (AvgIpc) is 2.39. The van der Waals surface area contributed by atoms with E-state index in [0.29, 0.717) is 26.4 Å². The lowest BCUT2D eigenvalue weighted by molar-refractivity contribution is 0.0142. The van der Waals surface area contributed by atoms with Crippen LogP contribution in [0.4, 0.5) is 0 Å². The van der Waals surface area contributed by atoms with Gasteiger partial charge in [-0.3, -0.25) is 0 Å². The van der Waals surface area contributed by atoms with Crippen molar-refractivity contribution in [2.75, 3.05) is 52.7 Å². The molecule has 0 radical (unpaired) electrons. The van der Waals surface area contributed by atoms with Gasteiger partial charge >= 0.3 is 0 Å². The molecule has 0 aliphatic heterocycles. The zero-order valence-electron chi connectivity index (χ0n) is 13.1. The maximum atomic E-state index is 5.48. The monoisotopic (exact) mass is 277 g/mol. The summed E-state index contributed by atoms with van der Waals surface area (Å²) in [6.45, 7) is 12.9. The normalized spacial score (nSPS) is 11.4. The van der Waals surface area contributed by atoms with E-state index in [2.05, 4.69) is 26.1 Å². The topological polar surface area (TPSA) is 39.7 Å². The fourth-order valence-electron chi connectivity index (χ4n) is 1.58. The molecule has 0 amide bonds. The van der Waals surface area contributed by atoms with Crippen LogP contribution in [-0.2, 0) is 14.2 Å². The summed E-state index contributed by atoms with van der Waals surface area (Å²) in [5.74, 6) is 0.767. The molecule has 0 bridgehead atoms. The quantitative estimate of drug-likeness (QED) is 0.467. The Balaban J connectivity index is 0. The van der Waals surface area contributed by atoms with E-state index in [-0.39, 0.29) is 1.43 Å². The van der Waals surface area contributed by atoms with Crippen LogP contribution in [0.25, 0.3) is 0 Å². The van der Waals surface area contributed by atoms with Gasteiger partial charge in [0.2, 0.25) is 0 Å². The Morgan fingerprint density at radius 3 is 2.00 bits per heavy atom. The van der Waals surface area contributed by atoms with Gasteiger partial charge in [0.25, 0.3) is 0 Å². The van der Waals surface area contributed by atoms with E-state index in [4.69, 9.17) is 14.2 Å². The Hall–Kier alpha value is -0.160. The molecule has 118 valence electrons. The van der Waals surface area contributed by atoms with Gasteiger partial charge in [-0.1, -0.05) is 20.8 Å². The molecule has 0 rings (SSSR count). The first kappa shape index (κ1) is 18.8. The third kappa shape index (κ3) is 17.8. The van der Waals surface area contributed by atoms with Gasteiger partial charge in [-0.2, -0.15) is 0 Å². The molecule has 0 aliphatic carbocycles. The fourth-order valence-corrected chi connectivity index (χ4v) is 1.58. The van der Waals surface area contributed by atoms with Crippen LogP contribution in [0.1, 0.15) is 41.5 Å². The van der Waals surface area contributed by atoms with Gasteiger partial charge in [-0.15, -0.1) is 0 Å². The molecule has 0 unspecified atom stereocenters. The van der Waals surface area contributed by atoms with E-state index in [1.165, 1.54) is 12.8 Å². The summed E-state index contributed by atoms with van der Waals surface area (Å²) in [7, 11) is 0. The number of nitrogens with one attached hydrogen (secondary N) is 1. The van der Waals surface area contributed by atoms with E-state index in [1.807, 2.05) is 0 Å². The summed E-state index contributed by atoms with van der Waals surface area (Å²) >= 11 is 0. The lowest BCUT2D eigenvalue weighted by Crippen LogP contribution is -2.21. The SMILES string of the molecule is CCCNCCOCCOCCOCCCC(C)C.[HH]. The first-order valence-corrected chi connectivity index (χ1v) is 7.71. The van der Waals surface area contributed by atoms with E-state index in [1.54, 1.807) is 0 Å². The van der Waals surface area contributed by atoms with Crippen molar-refractivity contribution in [3.63, 3.8) is 0 Å². The van der Waals surface area contributed by atoms with Crippen LogP contribution < -0.4 is 5.32 Å². The van der Waals surface area contributed by atoms with Crippen molar-refractivity contribution in [3.05, 3.63) is 0 Å². The molecular formula is C15H35NO3. The zero-order valence-corrected chi connectivity index (χ0v) is 13.1. The van der Waals surface area contributed by atoms with Crippen molar-refractivity contribution in [3.8, 4) is 0 Å². The molecule has 0 saturated carbocycles. The molecule has 0 fully saturated rings. The van der Waals surface area contributed by atoms with Crippen molar-refractivity contribution < 1.29 is 15.6 Å². The minimum absolute atomic E-state index is 0. The molecule has 0 aromatic heterocycles.